The minimum Gasteiger partial charge on any atom is -0.531 e. The number of fused-ring (bicyclic) bond motifs is 3. The van der Waals surface area contributed by atoms with E-state index in [-0.39, 0.29) is 0 Å². The van der Waals surface area contributed by atoms with Gasteiger partial charge in [0.05, 0.1) is 11.9 Å². The van der Waals surface area contributed by atoms with Gasteiger partial charge in [-0.05, 0) is 56.0 Å². The molecule has 1 aromatic heterocycles. The van der Waals surface area contributed by atoms with Crippen molar-refractivity contribution in [3.8, 4) is 5.75 Å². The van der Waals surface area contributed by atoms with Crippen molar-refractivity contribution in [2.45, 2.75) is 63.1 Å². The van der Waals surface area contributed by atoms with E-state index >= 15 is 0 Å². The number of pyridine rings is 1. The summed E-state index contributed by atoms with van der Waals surface area (Å²) in [5.74, 6) is 3.10. The van der Waals surface area contributed by atoms with Gasteiger partial charge in [-0.1, -0.05) is 12.2 Å². The quantitative estimate of drug-likeness (QED) is 0.727. The van der Waals surface area contributed by atoms with Crippen molar-refractivity contribution in [3.05, 3.63) is 35.1 Å². The summed E-state index contributed by atoms with van der Waals surface area (Å²) in [5, 5.41) is 14.0. The monoisotopic (exact) mass is 351 g/mol. The Labute approximate surface area is 154 Å². The molecular formula is C20H26BN3O2. The molecule has 136 valence electrons. The second-order valence-electron chi connectivity index (χ2n) is 8.24. The van der Waals surface area contributed by atoms with Crippen LogP contribution in [0.3, 0.4) is 0 Å². The third-order valence-corrected chi connectivity index (χ3v) is 6.44. The maximum atomic E-state index is 10.1. The highest BCUT2D eigenvalue weighted by atomic mass is 16.5. The molecule has 6 heteroatoms. The molecule has 4 N–H and O–H groups in total. The number of nitrogens with one attached hydrogen (secondary N) is 1. The predicted octanol–water partition coefficient (Wildman–Crippen LogP) is 2.08. The van der Waals surface area contributed by atoms with Crippen LogP contribution in [0, 0.1) is 5.92 Å². The number of aromatic nitrogens is 1. The Bertz CT molecular complexity index is 765. The van der Waals surface area contributed by atoms with E-state index in [1.165, 1.54) is 24.0 Å². The number of nitrogens with zero attached hydrogens (tertiary/aromatic N) is 1. The molecule has 1 aromatic rings. The van der Waals surface area contributed by atoms with E-state index < -0.39 is 7.12 Å². The smallest absolute Gasteiger partial charge is 0.531 e. The first-order valence-electron chi connectivity index (χ1n) is 9.94. The van der Waals surface area contributed by atoms with Gasteiger partial charge in [-0.2, -0.15) is 0 Å². The zero-order valence-corrected chi connectivity index (χ0v) is 15.0. The first-order valence-corrected chi connectivity index (χ1v) is 9.94. The minimum absolute atomic E-state index is 0.399. The van der Waals surface area contributed by atoms with Crippen LogP contribution in [0.2, 0.25) is 0 Å². The highest BCUT2D eigenvalue weighted by molar-refractivity contribution is 6.52. The Balaban J connectivity index is 1.30. The molecule has 4 aliphatic rings. The summed E-state index contributed by atoms with van der Waals surface area (Å²) in [6.45, 7) is 0. The number of allylic oxidation sites excluding steroid dienone is 2. The van der Waals surface area contributed by atoms with E-state index in [1.807, 2.05) is 5.98 Å². The van der Waals surface area contributed by atoms with Crippen molar-refractivity contribution < 1.29 is 9.68 Å². The molecule has 2 saturated carbocycles. The fourth-order valence-corrected chi connectivity index (χ4v) is 4.93. The van der Waals surface area contributed by atoms with E-state index in [4.69, 9.17) is 10.4 Å². The molecule has 0 amide bonds. The Morgan fingerprint density at radius 1 is 1.19 bits per heavy atom. The first kappa shape index (κ1) is 16.5. The summed E-state index contributed by atoms with van der Waals surface area (Å²) in [6, 6.07) is 1.60. The van der Waals surface area contributed by atoms with Crippen LogP contribution in [-0.2, 0) is 6.42 Å². The van der Waals surface area contributed by atoms with Crippen LogP contribution in [0.5, 0.6) is 5.75 Å². The van der Waals surface area contributed by atoms with Crippen molar-refractivity contribution in [3.63, 3.8) is 0 Å². The summed E-state index contributed by atoms with van der Waals surface area (Å²) in [4.78, 5) is 4.49. The minimum atomic E-state index is -0.866. The van der Waals surface area contributed by atoms with Gasteiger partial charge in [0.1, 0.15) is 5.75 Å². The molecule has 0 saturated heterocycles. The van der Waals surface area contributed by atoms with E-state index in [2.05, 4.69) is 22.5 Å². The zero-order valence-electron chi connectivity index (χ0n) is 15.0. The summed E-state index contributed by atoms with van der Waals surface area (Å²) < 4.78 is 5.62. The van der Waals surface area contributed by atoms with Crippen LogP contribution < -0.4 is 15.7 Å². The molecular weight excluding hydrogens is 325 g/mol. The lowest BCUT2D eigenvalue weighted by Crippen LogP contribution is -2.49. The SMILES string of the molecule is NC1CCC(NC2CC(C3=CB(O)Oc4cnc5c(c43)C=CC5)C2)CC1. The molecule has 0 radical (unpaired) electrons. The largest absolute Gasteiger partial charge is 0.552 e. The predicted molar refractivity (Wildman–Crippen MR) is 103 cm³/mol. The molecule has 0 spiro atoms. The van der Waals surface area contributed by atoms with Gasteiger partial charge in [0.2, 0.25) is 0 Å². The molecule has 3 aliphatic carbocycles. The van der Waals surface area contributed by atoms with Gasteiger partial charge in [0.15, 0.2) is 0 Å². The van der Waals surface area contributed by atoms with Crippen LogP contribution in [-0.4, -0.2) is 35.3 Å². The normalized spacial score (nSPS) is 32.4. The summed E-state index contributed by atoms with van der Waals surface area (Å²) in [6.07, 6.45) is 13.9. The Hall–Kier alpha value is -1.63. The number of hydrogen-bond acceptors (Lipinski definition) is 5. The number of nitrogens with two attached hydrogens (primary N) is 1. The lowest BCUT2D eigenvalue weighted by molar-refractivity contribution is 0.222. The molecule has 0 atom stereocenters. The third-order valence-electron chi connectivity index (χ3n) is 6.44. The molecule has 5 rings (SSSR count). The third kappa shape index (κ3) is 2.90. The second kappa shape index (κ2) is 6.52. The number of rotatable bonds is 3. The fourth-order valence-electron chi connectivity index (χ4n) is 4.93. The van der Waals surface area contributed by atoms with E-state index in [0.717, 1.165) is 49.1 Å². The van der Waals surface area contributed by atoms with Gasteiger partial charge >= 0.3 is 7.12 Å². The lowest BCUT2D eigenvalue weighted by Gasteiger charge is -2.42. The Morgan fingerprint density at radius 2 is 2.00 bits per heavy atom. The second-order valence-corrected chi connectivity index (χ2v) is 8.24. The van der Waals surface area contributed by atoms with E-state index in [9.17, 15) is 5.02 Å². The lowest BCUT2D eigenvalue weighted by atomic mass is 9.67. The van der Waals surface area contributed by atoms with Crippen LogP contribution in [0.1, 0.15) is 55.3 Å². The van der Waals surface area contributed by atoms with Crippen molar-refractivity contribution in [1.82, 2.24) is 10.3 Å². The van der Waals surface area contributed by atoms with Gasteiger partial charge in [-0.3, -0.25) is 4.98 Å². The molecule has 1 aliphatic heterocycles. The topological polar surface area (TPSA) is 80.4 Å². The van der Waals surface area contributed by atoms with Crippen LogP contribution in [0.4, 0.5) is 0 Å². The summed E-state index contributed by atoms with van der Waals surface area (Å²) in [7, 11) is -0.866. The van der Waals surface area contributed by atoms with Gasteiger partial charge in [-0.25, -0.2) is 0 Å². The molecule has 2 heterocycles. The van der Waals surface area contributed by atoms with Crippen LogP contribution >= 0.6 is 0 Å². The molecule has 0 unspecified atom stereocenters. The Kier molecular flexibility index (Phi) is 4.15. The molecule has 26 heavy (non-hydrogen) atoms. The number of hydrogen-bond donors (Lipinski definition) is 3. The average Bonchev–Trinajstić information content (AvgIpc) is 3.07. The van der Waals surface area contributed by atoms with Gasteiger partial charge in [0, 0.05) is 35.7 Å². The molecule has 5 nitrogen and oxygen atoms in total. The highest BCUT2D eigenvalue weighted by Gasteiger charge is 2.39. The molecule has 0 aromatic carbocycles. The average molecular weight is 351 g/mol. The van der Waals surface area contributed by atoms with E-state index in [0.29, 0.717) is 24.0 Å². The van der Waals surface area contributed by atoms with Crippen molar-refractivity contribution in [2.24, 2.45) is 11.7 Å². The molecule has 2 fully saturated rings. The van der Waals surface area contributed by atoms with Crippen LogP contribution in [0.25, 0.3) is 11.6 Å². The van der Waals surface area contributed by atoms with Crippen molar-refractivity contribution in [1.29, 1.82) is 0 Å². The fraction of sp³-hybridized carbons (Fsp3) is 0.550. The maximum absolute atomic E-state index is 10.1. The summed E-state index contributed by atoms with van der Waals surface area (Å²) in [5.41, 5.74) is 10.7. The highest BCUT2D eigenvalue weighted by Crippen LogP contribution is 2.46. The molecule has 0 bridgehead atoms. The first-order chi connectivity index (χ1) is 12.7. The summed E-state index contributed by atoms with van der Waals surface area (Å²) >= 11 is 0. The van der Waals surface area contributed by atoms with Crippen LogP contribution in [0.15, 0.2) is 18.2 Å². The van der Waals surface area contributed by atoms with Crippen molar-refractivity contribution in [2.75, 3.05) is 0 Å². The van der Waals surface area contributed by atoms with Crippen molar-refractivity contribution >= 4 is 18.8 Å². The van der Waals surface area contributed by atoms with Gasteiger partial charge < -0.3 is 20.7 Å². The Morgan fingerprint density at radius 3 is 2.81 bits per heavy atom. The zero-order chi connectivity index (χ0) is 17.7. The van der Waals surface area contributed by atoms with Gasteiger partial charge in [0.25, 0.3) is 0 Å². The maximum Gasteiger partial charge on any atom is 0.552 e. The van der Waals surface area contributed by atoms with E-state index in [1.54, 1.807) is 6.20 Å². The van der Waals surface area contributed by atoms with Gasteiger partial charge in [-0.15, -0.1) is 0 Å². The standard InChI is InChI=1S/C20H26BN3O2/c22-13-4-6-14(7-5-13)24-15-8-12(9-15)17-10-21(25)26-19-11-23-18-3-1-2-16(18)20(17)19/h1-2,10-15,24-25H,3-9,22H2.